The largest absolute Gasteiger partial charge is 0.464 e. The molecule has 5 fully saturated rings. The van der Waals surface area contributed by atoms with E-state index in [4.69, 9.17) is 18.9 Å². The summed E-state index contributed by atoms with van der Waals surface area (Å²) in [6.07, 6.45) is 8.61. The molecule has 0 bridgehead atoms. The first kappa shape index (κ1) is 26.4. The Morgan fingerprint density at radius 2 is 1.67 bits per heavy atom. The molecule has 0 aromatic carbocycles. The smallest absolute Gasteiger partial charge is 0.328 e. The van der Waals surface area contributed by atoms with Crippen LogP contribution in [0.3, 0.4) is 0 Å². The van der Waals surface area contributed by atoms with E-state index in [0.717, 1.165) is 38.0 Å². The molecule has 2 aliphatic carbocycles. The van der Waals surface area contributed by atoms with Crippen LogP contribution in [0.4, 0.5) is 0 Å². The lowest BCUT2D eigenvalue weighted by Crippen LogP contribution is -2.54. The van der Waals surface area contributed by atoms with Crippen molar-refractivity contribution < 1.29 is 28.5 Å². The average molecular weight is 506 g/mol. The van der Waals surface area contributed by atoms with Crippen LogP contribution >= 0.6 is 0 Å². The Hall–Kier alpha value is -1.18. The van der Waals surface area contributed by atoms with Crippen molar-refractivity contribution in [3.05, 3.63) is 0 Å². The Morgan fingerprint density at radius 1 is 0.944 bits per heavy atom. The molecule has 7 nitrogen and oxygen atoms in total. The van der Waals surface area contributed by atoms with Crippen LogP contribution < -0.4 is 5.32 Å². The molecular formula is C29H47NO6. The SMILES string of the molecule is CC1CC[C@@H]2C3[C@@H](O1)O[C@H](OC1CCC(C(=O)N[C@H]4CC(C)(C)COC4=O)CC1)[C@H](C)[C@@H]3CC[C@H]2C. The molecule has 2 unspecified atom stereocenters. The Balaban J connectivity index is 1.15. The Morgan fingerprint density at radius 3 is 2.42 bits per heavy atom. The highest BCUT2D eigenvalue weighted by atomic mass is 16.8. The van der Waals surface area contributed by atoms with E-state index in [1.807, 2.05) is 0 Å². The molecule has 3 heterocycles. The van der Waals surface area contributed by atoms with Gasteiger partial charge in [0.2, 0.25) is 5.91 Å². The molecule has 0 aromatic rings. The molecular weight excluding hydrogens is 458 g/mol. The van der Waals surface area contributed by atoms with Crippen molar-refractivity contribution >= 4 is 11.9 Å². The fourth-order valence-electron chi connectivity index (χ4n) is 7.72. The Kier molecular flexibility index (Phi) is 7.73. The number of amides is 1. The van der Waals surface area contributed by atoms with E-state index in [2.05, 4.69) is 39.9 Å². The van der Waals surface area contributed by atoms with Crippen molar-refractivity contribution in [3.63, 3.8) is 0 Å². The zero-order valence-electron chi connectivity index (χ0n) is 22.9. The first-order valence-corrected chi connectivity index (χ1v) is 14.5. The maximum Gasteiger partial charge on any atom is 0.328 e. The summed E-state index contributed by atoms with van der Waals surface area (Å²) < 4.78 is 24.9. The minimum absolute atomic E-state index is 0.0264. The van der Waals surface area contributed by atoms with Gasteiger partial charge in [0.25, 0.3) is 0 Å². The highest BCUT2D eigenvalue weighted by Gasteiger charge is 2.53. The van der Waals surface area contributed by atoms with Crippen LogP contribution in [0.1, 0.15) is 92.4 Å². The van der Waals surface area contributed by atoms with Crippen molar-refractivity contribution in [2.24, 2.45) is 40.9 Å². The van der Waals surface area contributed by atoms with Gasteiger partial charge < -0.3 is 24.3 Å². The first-order chi connectivity index (χ1) is 17.1. The molecule has 0 spiro atoms. The molecule has 204 valence electrons. The zero-order valence-corrected chi connectivity index (χ0v) is 22.9. The van der Waals surface area contributed by atoms with E-state index < -0.39 is 6.04 Å². The molecule has 7 heteroatoms. The predicted octanol–water partition coefficient (Wildman–Crippen LogP) is 4.82. The van der Waals surface area contributed by atoms with Crippen molar-refractivity contribution in [1.29, 1.82) is 0 Å². The predicted molar refractivity (Wildman–Crippen MR) is 135 cm³/mol. The van der Waals surface area contributed by atoms with Crippen molar-refractivity contribution in [2.45, 2.75) is 123 Å². The molecule has 36 heavy (non-hydrogen) atoms. The lowest BCUT2D eigenvalue weighted by molar-refractivity contribution is -0.343. The topological polar surface area (TPSA) is 83.1 Å². The molecule has 0 radical (unpaired) electrons. The van der Waals surface area contributed by atoms with Gasteiger partial charge in [-0.05, 0) is 76.0 Å². The van der Waals surface area contributed by atoms with Crippen molar-refractivity contribution in [2.75, 3.05) is 6.61 Å². The minimum atomic E-state index is -0.538. The van der Waals surface area contributed by atoms with Crippen molar-refractivity contribution in [1.82, 2.24) is 5.32 Å². The molecule has 5 rings (SSSR count). The van der Waals surface area contributed by atoms with E-state index in [0.29, 0.717) is 36.7 Å². The van der Waals surface area contributed by atoms with E-state index in [-0.39, 0.29) is 48.0 Å². The van der Waals surface area contributed by atoms with Crippen LogP contribution in [-0.4, -0.2) is 49.3 Å². The summed E-state index contributed by atoms with van der Waals surface area (Å²) in [5, 5.41) is 2.97. The normalized spacial score (nSPS) is 46.7. The van der Waals surface area contributed by atoms with E-state index >= 15 is 0 Å². The molecule has 0 aromatic heterocycles. The fourth-order valence-corrected chi connectivity index (χ4v) is 7.72. The standard InChI is InChI=1S/C29H47NO6/c1-16-6-12-22-18(3)27(36-28-24(22)21(16)13-7-17(2)34-28)35-20-10-8-19(9-11-20)25(31)30-23-14-29(4,5)15-33-26(23)32/h16-24,27-28H,6-15H2,1-5H3,(H,30,31)/t16-,17?,18-,19?,20?,21+,22+,23+,24?,27+,28+/m1/s1. The molecule has 1 N–H and O–H groups in total. The van der Waals surface area contributed by atoms with Gasteiger partial charge in [0.15, 0.2) is 12.6 Å². The lowest BCUT2D eigenvalue weighted by atomic mass is 9.61. The van der Waals surface area contributed by atoms with Crippen LogP contribution in [-0.2, 0) is 28.5 Å². The molecule has 5 aliphatic rings. The highest BCUT2D eigenvalue weighted by Crippen LogP contribution is 2.52. The molecule has 1 amide bonds. The molecule has 3 aliphatic heterocycles. The van der Waals surface area contributed by atoms with Gasteiger partial charge in [0.1, 0.15) is 6.04 Å². The third kappa shape index (κ3) is 5.49. The second kappa shape index (κ2) is 10.5. The second-order valence-corrected chi connectivity index (χ2v) is 13.4. The average Bonchev–Trinajstić information content (AvgIpc) is 3.00. The summed E-state index contributed by atoms with van der Waals surface area (Å²) in [5.74, 6) is 2.41. The lowest BCUT2D eigenvalue weighted by Gasteiger charge is -2.52. The number of rotatable bonds is 4. The van der Waals surface area contributed by atoms with Crippen LogP contribution in [0.15, 0.2) is 0 Å². The third-order valence-corrected chi connectivity index (χ3v) is 9.97. The summed E-state index contributed by atoms with van der Waals surface area (Å²) in [5.41, 5.74) is -0.109. The van der Waals surface area contributed by atoms with E-state index in [1.165, 1.54) is 19.3 Å². The number of hydrogen-bond acceptors (Lipinski definition) is 6. The summed E-state index contributed by atoms with van der Waals surface area (Å²) in [6, 6.07) is -0.538. The molecule has 3 saturated heterocycles. The summed E-state index contributed by atoms with van der Waals surface area (Å²) in [7, 11) is 0. The van der Waals surface area contributed by atoms with Gasteiger partial charge in [-0.1, -0.05) is 34.1 Å². The highest BCUT2D eigenvalue weighted by molar-refractivity contribution is 5.86. The number of carbonyl (C=O) groups is 2. The number of carbonyl (C=O) groups excluding carboxylic acids is 2. The first-order valence-electron chi connectivity index (χ1n) is 14.5. The van der Waals surface area contributed by atoms with Crippen LogP contribution in [0.2, 0.25) is 0 Å². The Bertz CT molecular complexity index is 808. The van der Waals surface area contributed by atoms with Gasteiger partial charge in [0.05, 0.1) is 18.8 Å². The van der Waals surface area contributed by atoms with Crippen LogP contribution in [0.5, 0.6) is 0 Å². The number of hydrogen-bond donors (Lipinski definition) is 1. The van der Waals surface area contributed by atoms with Crippen molar-refractivity contribution in [3.8, 4) is 0 Å². The van der Waals surface area contributed by atoms with Gasteiger partial charge >= 0.3 is 5.97 Å². The summed E-state index contributed by atoms with van der Waals surface area (Å²) in [4.78, 5) is 25.1. The maximum atomic E-state index is 12.9. The summed E-state index contributed by atoms with van der Waals surface area (Å²) >= 11 is 0. The third-order valence-electron chi connectivity index (χ3n) is 9.97. The number of nitrogens with one attached hydrogen (secondary N) is 1. The van der Waals surface area contributed by atoms with Crippen LogP contribution in [0.25, 0.3) is 0 Å². The van der Waals surface area contributed by atoms with Crippen LogP contribution in [0, 0.1) is 40.9 Å². The molecule has 2 saturated carbocycles. The summed E-state index contributed by atoms with van der Waals surface area (Å²) in [6.45, 7) is 11.4. The molecule has 9 atom stereocenters. The fraction of sp³-hybridized carbons (Fsp3) is 0.931. The van der Waals surface area contributed by atoms with E-state index in [1.54, 1.807) is 0 Å². The number of esters is 1. The van der Waals surface area contributed by atoms with Gasteiger partial charge in [-0.3, -0.25) is 4.79 Å². The van der Waals surface area contributed by atoms with Gasteiger partial charge in [-0.15, -0.1) is 0 Å². The minimum Gasteiger partial charge on any atom is -0.464 e. The monoisotopic (exact) mass is 505 g/mol. The van der Waals surface area contributed by atoms with E-state index in [9.17, 15) is 9.59 Å². The quantitative estimate of drug-likeness (QED) is 0.552. The zero-order chi connectivity index (χ0) is 25.6. The van der Waals surface area contributed by atoms with Gasteiger partial charge in [-0.2, -0.15) is 0 Å². The number of cyclic esters (lactones) is 1. The van der Waals surface area contributed by atoms with Gasteiger partial charge in [0, 0.05) is 23.2 Å². The maximum absolute atomic E-state index is 12.9. The Labute approximate surface area is 216 Å². The number of ether oxygens (including phenoxy) is 4. The second-order valence-electron chi connectivity index (χ2n) is 13.4. The van der Waals surface area contributed by atoms with Gasteiger partial charge in [-0.25, -0.2) is 4.79 Å².